The molecule has 2 heterocycles. The topological polar surface area (TPSA) is 60.3 Å². The largest absolute Gasteiger partial charge is 0.497 e. The summed E-state index contributed by atoms with van der Waals surface area (Å²) in [5.41, 5.74) is 0.521. The zero-order valence-electron chi connectivity index (χ0n) is 14.5. The van der Waals surface area contributed by atoms with Crippen LogP contribution in [0.3, 0.4) is 0 Å². The molecule has 1 N–H and O–H groups in total. The van der Waals surface area contributed by atoms with Crippen LogP contribution in [0, 0.1) is 0 Å². The lowest BCUT2D eigenvalue weighted by Crippen LogP contribution is -3.20. The Labute approximate surface area is 142 Å². The number of rotatable bonds is 4. The number of amides is 2. The number of benzene rings is 1. The number of likely N-dealkylation sites (tertiary alicyclic amines) is 1. The van der Waals surface area contributed by atoms with Crippen molar-refractivity contribution in [2.75, 3.05) is 25.7 Å². The predicted molar refractivity (Wildman–Crippen MR) is 89.6 cm³/mol. The van der Waals surface area contributed by atoms with E-state index >= 15 is 0 Å². The molecule has 2 amide bonds. The molecule has 0 aliphatic carbocycles. The molecule has 2 fully saturated rings. The lowest BCUT2D eigenvalue weighted by Gasteiger charge is -2.33. The minimum atomic E-state index is -0.273. The molecular formula is C18H25N2O4+. The third-order valence-corrected chi connectivity index (χ3v) is 5.17. The van der Waals surface area contributed by atoms with Crippen molar-refractivity contribution in [2.24, 2.45) is 0 Å². The first-order valence-corrected chi connectivity index (χ1v) is 8.50. The number of methoxy groups -OCH3 is 2. The number of hydrogen-bond donors (Lipinski definition) is 1. The summed E-state index contributed by atoms with van der Waals surface area (Å²) in [6.07, 6.45) is 3.71. The second-order valence-electron chi connectivity index (χ2n) is 6.62. The summed E-state index contributed by atoms with van der Waals surface area (Å²) >= 11 is 0. The maximum atomic E-state index is 13.0. The van der Waals surface area contributed by atoms with Crippen molar-refractivity contribution in [3.8, 4) is 11.5 Å². The molecule has 0 bridgehead atoms. The second-order valence-corrected chi connectivity index (χ2v) is 6.62. The molecule has 0 radical (unpaired) electrons. The van der Waals surface area contributed by atoms with Crippen LogP contribution in [0.4, 0.5) is 5.69 Å². The van der Waals surface area contributed by atoms with Crippen LogP contribution in [0.1, 0.15) is 32.6 Å². The maximum Gasteiger partial charge on any atom is 0.292 e. The number of nitrogens with zero attached hydrogens (tertiary/aromatic N) is 1. The molecule has 3 atom stereocenters. The van der Waals surface area contributed by atoms with E-state index < -0.39 is 0 Å². The van der Waals surface area contributed by atoms with Crippen LogP contribution in [-0.2, 0) is 9.59 Å². The standard InChI is InChI=1S/C18H24N2O4/c1-12-6-4-5-7-19(12)16-11-17(21)20(18(16)22)13-8-14(23-2)10-15(9-13)24-3/h8-10,12,16H,4-7,11H2,1-3H3/p+1/t12-,16-/m1/s1. The van der Waals surface area contributed by atoms with E-state index in [-0.39, 0.29) is 24.3 Å². The number of carbonyl (C=O) groups excluding carboxylic acids is 2. The minimum Gasteiger partial charge on any atom is -0.497 e. The molecule has 3 rings (SSSR count). The Bertz CT molecular complexity index is 624. The van der Waals surface area contributed by atoms with Crippen LogP contribution >= 0.6 is 0 Å². The van der Waals surface area contributed by atoms with Gasteiger partial charge in [0, 0.05) is 18.2 Å². The van der Waals surface area contributed by atoms with Crippen LogP contribution in [0.15, 0.2) is 18.2 Å². The molecule has 1 aromatic rings. The van der Waals surface area contributed by atoms with E-state index in [1.807, 2.05) is 0 Å². The normalized spacial score (nSPS) is 27.5. The lowest BCUT2D eigenvalue weighted by molar-refractivity contribution is -0.942. The smallest absolute Gasteiger partial charge is 0.292 e. The van der Waals surface area contributed by atoms with E-state index in [2.05, 4.69) is 6.92 Å². The second kappa shape index (κ2) is 6.81. The Hall–Kier alpha value is -2.08. The van der Waals surface area contributed by atoms with Crippen LogP contribution in [-0.4, -0.2) is 44.7 Å². The van der Waals surface area contributed by atoms with Crippen molar-refractivity contribution in [3.63, 3.8) is 0 Å². The van der Waals surface area contributed by atoms with Gasteiger partial charge in [0.05, 0.1) is 38.9 Å². The highest BCUT2D eigenvalue weighted by molar-refractivity contribution is 6.22. The van der Waals surface area contributed by atoms with Gasteiger partial charge in [-0.15, -0.1) is 0 Å². The molecule has 0 spiro atoms. The molecule has 130 valence electrons. The number of piperidine rings is 1. The molecular weight excluding hydrogens is 308 g/mol. The molecule has 1 aromatic carbocycles. The molecule has 2 aliphatic rings. The molecule has 24 heavy (non-hydrogen) atoms. The number of ether oxygens (including phenoxy) is 2. The van der Waals surface area contributed by atoms with Crippen LogP contribution in [0.2, 0.25) is 0 Å². The first-order chi connectivity index (χ1) is 11.5. The van der Waals surface area contributed by atoms with Crippen molar-refractivity contribution in [3.05, 3.63) is 18.2 Å². The van der Waals surface area contributed by atoms with Gasteiger partial charge >= 0.3 is 0 Å². The Morgan fingerprint density at radius 1 is 1.08 bits per heavy atom. The Balaban J connectivity index is 1.89. The highest BCUT2D eigenvalue weighted by Crippen LogP contribution is 2.31. The van der Waals surface area contributed by atoms with E-state index in [0.29, 0.717) is 23.2 Å². The van der Waals surface area contributed by atoms with Gasteiger partial charge in [-0.1, -0.05) is 0 Å². The van der Waals surface area contributed by atoms with Crippen molar-refractivity contribution in [1.82, 2.24) is 0 Å². The Kier molecular flexibility index (Phi) is 4.76. The van der Waals surface area contributed by atoms with Crippen LogP contribution in [0.25, 0.3) is 0 Å². The minimum absolute atomic E-state index is 0.112. The van der Waals surface area contributed by atoms with Gasteiger partial charge in [0.2, 0.25) is 5.91 Å². The van der Waals surface area contributed by atoms with Crippen molar-refractivity contribution < 1.29 is 24.0 Å². The van der Waals surface area contributed by atoms with Crippen LogP contribution < -0.4 is 19.3 Å². The zero-order valence-corrected chi connectivity index (χ0v) is 14.5. The van der Waals surface area contributed by atoms with E-state index in [1.165, 1.54) is 16.2 Å². The summed E-state index contributed by atoms with van der Waals surface area (Å²) in [6.45, 7) is 3.13. The van der Waals surface area contributed by atoms with Gasteiger partial charge in [-0.3, -0.25) is 9.59 Å². The lowest BCUT2D eigenvalue weighted by atomic mass is 10.0. The van der Waals surface area contributed by atoms with Crippen molar-refractivity contribution in [1.29, 1.82) is 0 Å². The summed E-state index contributed by atoms with van der Waals surface area (Å²) in [7, 11) is 3.10. The highest BCUT2D eigenvalue weighted by atomic mass is 16.5. The van der Waals surface area contributed by atoms with Crippen molar-refractivity contribution >= 4 is 17.5 Å². The van der Waals surface area contributed by atoms with E-state index in [1.54, 1.807) is 32.4 Å². The first-order valence-electron chi connectivity index (χ1n) is 8.50. The monoisotopic (exact) mass is 333 g/mol. The summed E-state index contributed by atoms with van der Waals surface area (Å²) in [5, 5.41) is 0. The summed E-state index contributed by atoms with van der Waals surface area (Å²) < 4.78 is 10.5. The van der Waals surface area contributed by atoms with Gasteiger partial charge < -0.3 is 14.4 Å². The summed E-state index contributed by atoms with van der Waals surface area (Å²) in [4.78, 5) is 28.1. The van der Waals surface area contributed by atoms with Gasteiger partial charge in [-0.2, -0.15) is 0 Å². The summed E-state index contributed by atoms with van der Waals surface area (Å²) in [6, 6.07) is 5.28. The quantitative estimate of drug-likeness (QED) is 0.828. The highest BCUT2D eigenvalue weighted by Gasteiger charge is 2.47. The SMILES string of the molecule is COc1cc(OC)cc(N2C(=O)C[C@@H]([NH+]3CCCC[C@H]3C)C2=O)c1. The Morgan fingerprint density at radius 2 is 1.75 bits per heavy atom. The van der Waals surface area contributed by atoms with Crippen LogP contribution in [0.5, 0.6) is 11.5 Å². The van der Waals surface area contributed by atoms with Gasteiger partial charge in [-0.25, -0.2) is 4.90 Å². The average Bonchev–Trinajstić information content (AvgIpc) is 2.89. The number of imide groups is 1. The van der Waals surface area contributed by atoms with Crippen molar-refractivity contribution in [2.45, 2.75) is 44.7 Å². The van der Waals surface area contributed by atoms with Gasteiger partial charge in [0.1, 0.15) is 11.5 Å². The van der Waals surface area contributed by atoms with E-state index in [4.69, 9.17) is 9.47 Å². The third kappa shape index (κ3) is 2.98. The van der Waals surface area contributed by atoms with Gasteiger partial charge in [0.15, 0.2) is 6.04 Å². The fourth-order valence-corrected chi connectivity index (χ4v) is 3.84. The fraction of sp³-hybridized carbons (Fsp3) is 0.556. The maximum absolute atomic E-state index is 13.0. The predicted octanol–water partition coefficient (Wildman–Crippen LogP) is 0.793. The zero-order chi connectivity index (χ0) is 17.3. The fourth-order valence-electron chi connectivity index (χ4n) is 3.84. The average molecular weight is 333 g/mol. The molecule has 0 aromatic heterocycles. The molecule has 2 aliphatic heterocycles. The Morgan fingerprint density at radius 3 is 2.33 bits per heavy atom. The van der Waals surface area contributed by atoms with Gasteiger partial charge in [-0.05, 0) is 26.2 Å². The third-order valence-electron chi connectivity index (χ3n) is 5.17. The number of nitrogens with one attached hydrogen (secondary N) is 1. The van der Waals surface area contributed by atoms with E-state index in [0.717, 1.165) is 19.4 Å². The molecule has 6 nitrogen and oxygen atoms in total. The number of quaternary nitrogens is 1. The number of carbonyl (C=O) groups is 2. The molecule has 6 heteroatoms. The molecule has 1 unspecified atom stereocenters. The van der Waals surface area contributed by atoms with Gasteiger partial charge in [0.25, 0.3) is 5.91 Å². The number of anilines is 1. The first kappa shape index (κ1) is 16.8. The van der Waals surface area contributed by atoms with E-state index in [9.17, 15) is 9.59 Å². The summed E-state index contributed by atoms with van der Waals surface area (Å²) in [5.74, 6) is 0.865. The molecule has 0 saturated carbocycles. The number of hydrogen-bond acceptors (Lipinski definition) is 4. The molecule has 2 saturated heterocycles.